The van der Waals surface area contributed by atoms with Gasteiger partial charge in [0.05, 0.1) is 27.8 Å². The monoisotopic (exact) mass is 424 g/mol. The molecular weight excluding hydrogens is 404 g/mol. The van der Waals surface area contributed by atoms with Crippen LogP contribution in [-0.4, -0.2) is 24.8 Å². The Bertz CT molecular complexity index is 1230. The van der Waals surface area contributed by atoms with Gasteiger partial charge >= 0.3 is 0 Å². The Labute approximate surface area is 175 Å². The molecule has 3 aromatic rings. The van der Waals surface area contributed by atoms with E-state index in [0.717, 1.165) is 22.4 Å². The fourth-order valence-electron chi connectivity index (χ4n) is 3.52. The maximum Gasteiger partial charge on any atom is 0.273 e. The predicted molar refractivity (Wildman–Crippen MR) is 114 cm³/mol. The molecule has 1 aromatic heterocycles. The first kappa shape index (κ1) is 20.0. The van der Waals surface area contributed by atoms with E-state index < -0.39 is 21.6 Å². The number of aryl methyl sites for hydroxylation is 2. The van der Waals surface area contributed by atoms with Crippen LogP contribution in [0.15, 0.2) is 36.4 Å². The topological polar surface area (TPSA) is 107 Å². The van der Waals surface area contributed by atoms with E-state index >= 15 is 0 Å². The molecule has 30 heavy (non-hydrogen) atoms. The average Bonchev–Trinajstić information content (AvgIpc) is 3.21. The lowest BCUT2D eigenvalue weighted by molar-refractivity contribution is -0.385. The maximum absolute atomic E-state index is 13.0. The average molecular weight is 424 g/mol. The molecule has 1 atom stereocenters. The first-order valence-electron chi connectivity index (χ1n) is 9.35. The number of nitrogens with zero attached hydrogens (tertiary/aromatic N) is 3. The predicted octanol–water partition coefficient (Wildman–Crippen LogP) is 3.72. The molecule has 0 bridgehead atoms. The van der Waals surface area contributed by atoms with Crippen molar-refractivity contribution in [3.8, 4) is 5.69 Å². The van der Waals surface area contributed by atoms with Crippen LogP contribution in [0.5, 0.6) is 0 Å². The number of amides is 1. The summed E-state index contributed by atoms with van der Waals surface area (Å²) in [5, 5.41) is 18.7. The molecule has 4 rings (SSSR count). The summed E-state index contributed by atoms with van der Waals surface area (Å²) in [6.45, 7) is 5.59. The van der Waals surface area contributed by atoms with Crippen molar-refractivity contribution in [1.29, 1.82) is 0 Å². The zero-order valence-electron chi connectivity index (χ0n) is 16.8. The van der Waals surface area contributed by atoms with Crippen molar-refractivity contribution < 1.29 is 13.9 Å². The number of hydrogen-bond donors (Lipinski definition) is 1. The number of hydrogen-bond acceptors (Lipinski definition) is 5. The minimum Gasteiger partial charge on any atom is -0.306 e. The van der Waals surface area contributed by atoms with Crippen molar-refractivity contribution in [1.82, 2.24) is 9.78 Å². The number of benzene rings is 2. The molecule has 1 aliphatic rings. The quantitative estimate of drug-likeness (QED) is 0.507. The Hall–Kier alpha value is -3.33. The van der Waals surface area contributed by atoms with Gasteiger partial charge in [-0.3, -0.25) is 19.1 Å². The van der Waals surface area contributed by atoms with Crippen LogP contribution < -0.4 is 5.32 Å². The van der Waals surface area contributed by atoms with E-state index in [4.69, 9.17) is 0 Å². The smallest absolute Gasteiger partial charge is 0.273 e. The van der Waals surface area contributed by atoms with Crippen LogP contribution >= 0.6 is 0 Å². The van der Waals surface area contributed by atoms with Crippen molar-refractivity contribution in [2.45, 2.75) is 32.3 Å². The van der Waals surface area contributed by atoms with Gasteiger partial charge in [0.1, 0.15) is 5.82 Å². The molecule has 2 aromatic carbocycles. The van der Waals surface area contributed by atoms with Crippen LogP contribution in [0.2, 0.25) is 0 Å². The summed E-state index contributed by atoms with van der Waals surface area (Å²) in [6, 6.07) is 10.2. The molecular formula is C21H20N4O4S. The third kappa shape index (κ3) is 3.41. The summed E-state index contributed by atoms with van der Waals surface area (Å²) in [7, 11) is -1.06. The van der Waals surface area contributed by atoms with E-state index in [1.807, 2.05) is 32.0 Å². The Morgan fingerprint density at radius 2 is 1.93 bits per heavy atom. The number of nitro benzene ring substituents is 1. The maximum atomic E-state index is 13.0. The Balaban J connectivity index is 1.78. The second-order valence-electron chi connectivity index (χ2n) is 7.35. The zero-order valence-corrected chi connectivity index (χ0v) is 17.6. The number of carbonyl (C=O) groups is 1. The third-order valence-corrected chi connectivity index (χ3v) is 6.58. The summed E-state index contributed by atoms with van der Waals surface area (Å²) in [4.78, 5) is 23.7. The minimum absolute atomic E-state index is 0.114. The van der Waals surface area contributed by atoms with E-state index in [0.29, 0.717) is 28.6 Å². The molecule has 0 fully saturated rings. The Morgan fingerprint density at radius 1 is 1.17 bits per heavy atom. The third-order valence-electron chi connectivity index (χ3n) is 5.37. The molecule has 9 heteroatoms. The lowest BCUT2D eigenvalue weighted by Crippen LogP contribution is -2.17. The summed E-state index contributed by atoms with van der Waals surface area (Å²) in [5.74, 6) is 0.624. The van der Waals surface area contributed by atoms with E-state index in [9.17, 15) is 19.1 Å². The molecule has 0 saturated carbocycles. The number of nitro groups is 1. The van der Waals surface area contributed by atoms with Crippen LogP contribution in [0.1, 0.15) is 38.3 Å². The van der Waals surface area contributed by atoms with Crippen LogP contribution in [0.4, 0.5) is 11.5 Å². The lowest BCUT2D eigenvalue weighted by atomic mass is 10.1. The standard InChI is InChI=1S/C21H20N4O4S/c1-12-5-4-6-18(14(12)3)24-20(16-10-30(29)11-17(16)23-24)22-21(26)15-8-7-13(2)19(9-15)25(27)28/h4-9H,10-11H2,1-3H3,(H,22,26). The summed E-state index contributed by atoms with van der Waals surface area (Å²) < 4.78 is 13.7. The van der Waals surface area contributed by atoms with Crippen LogP contribution in [0.3, 0.4) is 0 Å². The number of anilines is 1. The molecule has 1 unspecified atom stereocenters. The molecule has 2 heterocycles. The second kappa shape index (κ2) is 7.49. The highest BCUT2D eigenvalue weighted by atomic mass is 32.2. The van der Waals surface area contributed by atoms with Crippen LogP contribution in [0.25, 0.3) is 5.69 Å². The van der Waals surface area contributed by atoms with Crippen molar-refractivity contribution >= 4 is 28.2 Å². The van der Waals surface area contributed by atoms with Gasteiger partial charge in [0.25, 0.3) is 11.6 Å². The fraction of sp³-hybridized carbons (Fsp3) is 0.238. The summed E-state index contributed by atoms with van der Waals surface area (Å²) in [5.41, 5.74) is 4.89. The summed E-state index contributed by atoms with van der Waals surface area (Å²) >= 11 is 0. The fourth-order valence-corrected chi connectivity index (χ4v) is 4.79. The van der Waals surface area contributed by atoms with Gasteiger partial charge in [0, 0.05) is 33.6 Å². The van der Waals surface area contributed by atoms with E-state index in [1.165, 1.54) is 6.07 Å². The number of carbonyl (C=O) groups excluding carboxylic acids is 1. The van der Waals surface area contributed by atoms with Crippen molar-refractivity contribution in [3.63, 3.8) is 0 Å². The van der Waals surface area contributed by atoms with Crippen molar-refractivity contribution in [2.24, 2.45) is 0 Å². The highest BCUT2D eigenvalue weighted by Crippen LogP contribution is 2.33. The molecule has 0 spiro atoms. The van der Waals surface area contributed by atoms with Gasteiger partial charge in [0.15, 0.2) is 0 Å². The lowest BCUT2D eigenvalue weighted by Gasteiger charge is -2.14. The SMILES string of the molecule is Cc1ccc(C(=O)Nc2c3c(nn2-c2cccc(C)c2C)CS(=O)C3)cc1[N+](=O)[O-]. The Kier molecular flexibility index (Phi) is 4.98. The number of rotatable bonds is 4. The first-order chi connectivity index (χ1) is 14.3. The molecule has 0 saturated heterocycles. The first-order valence-corrected chi connectivity index (χ1v) is 10.8. The number of fused-ring (bicyclic) bond motifs is 1. The van der Waals surface area contributed by atoms with Gasteiger partial charge in [-0.05, 0) is 44.0 Å². The number of aromatic nitrogens is 2. The van der Waals surface area contributed by atoms with E-state index in [2.05, 4.69) is 10.4 Å². The van der Waals surface area contributed by atoms with Crippen LogP contribution in [-0.2, 0) is 22.3 Å². The van der Waals surface area contributed by atoms with Gasteiger partial charge in [0.2, 0.25) is 0 Å². The molecule has 8 nitrogen and oxygen atoms in total. The molecule has 1 N–H and O–H groups in total. The molecule has 0 aliphatic carbocycles. The normalized spacial score (nSPS) is 15.1. The Morgan fingerprint density at radius 3 is 2.67 bits per heavy atom. The van der Waals surface area contributed by atoms with Gasteiger partial charge in [-0.25, -0.2) is 4.68 Å². The minimum atomic E-state index is -1.06. The van der Waals surface area contributed by atoms with E-state index in [1.54, 1.807) is 23.7 Å². The molecule has 154 valence electrons. The molecule has 1 amide bonds. The largest absolute Gasteiger partial charge is 0.306 e. The van der Waals surface area contributed by atoms with Gasteiger partial charge in [-0.15, -0.1) is 0 Å². The van der Waals surface area contributed by atoms with Crippen molar-refractivity contribution in [2.75, 3.05) is 5.32 Å². The zero-order chi connectivity index (χ0) is 21.6. The summed E-state index contributed by atoms with van der Waals surface area (Å²) in [6.07, 6.45) is 0. The molecule has 1 aliphatic heterocycles. The van der Waals surface area contributed by atoms with E-state index in [-0.39, 0.29) is 11.3 Å². The number of nitrogens with one attached hydrogen (secondary N) is 1. The second-order valence-corrected chi connectivity index (χ2v) is 8.80. The highest BCUT2D eigenvalue weighted by molar-refractivity contribution is 7.83. The van der Waals surface area contributed by atoms with Gasteiger partial charge in [-0.2, -0.15) is 5.10 Å². The molecule has 0 radical (unpaired) electrons. The van der Waals surface area contributed by atoms with Crippen LogP contribution in [0, 0.1) is 30.9 Å². The highest BCUT2D eigenvalue weighted by Gasteiger charge is 2.29. The van der Waals surface area contributed by atoms with Crippen molar-refractivity contribution in [3.05, 3.63) is 80.0 Å². The van der Waals surface area contributed by atoms with Gasteiger partial charge < -0.3 is 5.32 Å². The van der Waals surface area contributed by atoms with Gasteiger partial charge in [-0.1, -0.05) is 18.2 Å².